The van der Waals surface area contributed by atoms with Crippen molar-refractivity contribution < 1.29 is 9.47 Å². The zero-order chi connectivity index (χ0) is 13.1. The van der Waals surface area contributed by atoms with Crippen molar-refractivity contribution in [1.29, 1.82) is 0 Å². The highest BCUT2D eigenvalue weighted by molar-refractivity contribution is 5.20. The molecule has 0 aromatic rings. The van der Waals surface area contributed by atoms with Crippen molar-refractivity contribution in [2.24, 2.45) is 5.92 Å². The highest BCUT2D eigenvalue weighted by Gasteiger charge is 2.05. The number of methoxy groups -OCH3 is 2. The van der Waals surface area contributed by atoms with Gasteiger partial charge in [-0.25, -0.2) is 0 Å². The van der Waals surface area contributed by atoms with E-state index in [0.29, 0.717) is 5.92 Å². The summed E-state index contributed by atoms with van der Waals surface area (Å²) in [5, 5.41) is 0. The highest BCUT2D eigenvalue weighted by Crippen LogP contribution is 2.06. The molecule has 3 nitrogen and oxygen atoms in total. The van der Waals surface area contributed by atoms with Gasteiger partial charge in [0.15, 0.2) is 0 Å². The second-order valence-electron chi connectivity index (χ2n) is 4.13. The van der Waals surface area contributed by atoms with Crippen molar-refractivity contribution in [3.8, 4) is 0 Å². The summed E-state index contributed by atoms with van der Waals surface area (Å²) in [6.45, 7) is 5.22. The van der Waals surface area contributed by atoms with Gasteiger partial charge in [0.25, 0.3) is 0 Å². The third kappa shape index (κ3) is 7.77. The minimum atomic E-state index is 0.418. The molecular formula is C14H25NO2. The van der Waals surface area contributed by atoms with Crippen LogP contribution in [0, 0.1) is 5.92 Å². The molecule has 0 N–H and O–H groups in total. The summed E-state index contributed by atoms with van der Waals surface area (Å²) in [5.41, 5.74) is 1.09. The molecule has 0 aromatic heterocycles. The average molecular weight is 239 g/mol. The monoisotopic (exact) mass is 239 g/mol. The van der Waals surface area contributed by atoms with Gasteiger partial charge in [0.2, 0.25) is 0 Å². The summed E-state index contributed by atoms with van der Waals surface area (Å²) in [6, 6.07) is 0. The van der Waals surface area contributed by atoms with Crippen LogP contribution in [-0.2, 0) is 9.47 Å². The molecule has 0 unspecified atom stereocenters. The van der Waals surface area contributed by atoms with Crippen molar-refractivity contribution >= 4 is 0 Å². The Morgan fingerprint density at radius 1 is 1.24 bits per heavy atom. The van der Waals surface area contributed by atoms with Crippen LogP contribution in [0.4, 0.5) is 0 Å². The van der Waals surface area contributed by atoms with Crippen LogP contribution in [0.25, 0.3) is 0 Å². The Bertz CT molecular complexity index is 251. The standard InChI is InChI=1S/C14H25NO2/c1-6-14(15(2)3)10-8-7-9-13(11-16-4)12-17-5/h6-8,10,13H,1,9,11-12H2,2-5H3/b8-7+,14-10+. The predicted octanol–water partition coefficient (Wildman–Crippen LogP) is 2.47. The number of ether oxygens (including phenoxy) is 2. The third-order valence-electron chi connectivity index (χ3n) is 2.40. The van der Waals surface area contributed by atoms with E-state index < -0.39 is 0 Å². The molecule has 0 aromatic carbocycles. The average Bonchev–Trinajstić information content (AvgIpc) is 2.29. The van der Waals surface area contributed by atoms with Crippen LogP contribution in [0.1, 0.15) is 6.42 Å². The van der Waals surface area contributed by atoms with Gasteiger partial charge < -0.3 is 14.4 Å². The van der Waals surface area contributed by atoms with Crippen molar-refractivity contribution in [3.05, 3.63) is 36.6 Å². The summed E-state index contributed by atoms with van der Waals surface area (Å²) >= 11 is 0. The summed E-state index contributed by atoms with van der Waals surface area (Å²) in [7, 11) is 7.43. The molecule has 0 aliphatic heterocycles. The molecule has 0 saturated carbocycles. The van der Waals surface area contributed by atoms with Gasteiger partial charge in [-0.1, -0.05) is 18.7 Å². The molecule has 3 heteroatoms. The molecule has 0 heterocycles. The van der Waals surface area contributed by atoms with Gasteiger partial charge in [-0.15, -0.1) is 0 Å². The lowest BCUT2D eigenvalue weighted by molar-refractivity contribution is 0.0861. The van der Waals surface area contributed by atoms with E-state index >= 15 is 0 Å². The van der Waals surface area contributed by atoms with E-state index in [1.54, 1.807) is 14.2 Å². The number of hydrogen-bond acceptors (Lipinski definition) is 3. The van der Waals surface area contributed by atoms with Gasteiger partial charge in [0, 0.05) is 39.9 Å². The summed E-state index contributed by atoms with van der Waals surface area (Å²) < 4.78 is 10.3. The van der Waals surface area contributed by atoms with E-state index in [-0.39, 0.29) is 0 Å². The van der Waals surface area contributed by atoms with Crippen LogP contribution in [0.3, 0.4) is 0 Å². The largest absolute Gasteiger partial charge is 0.384 e. The van der Waals surface area contributed by atoms with Crippen LogP contribution in [0.15, 0.2) is 36.6 Å². The quantitative estimate of drug-likeness (QED) is 0.577. The lowest BCUT2D eigenvalue weighted by Crippen LogP contribution is -2.13. The predicted molar refractivity (Wildman–Crippen MR) is 73.0 cm³/mol. The first-order valence-corrected chi connectivity index (χ1v) is 5.80. The van der Waals surface area contributed by atoms with E-state index in [4.69, 9.17) is 9.47 Å². The van der Waals surface area contributed by atoms with Crippen LogP contribution in [-0.4, -0.2) is 46.4 Å². The first kappa shape index (κ1) is 15.9. The Morgan fingerprint density at radius 3 is 2.24 bits per heavy atom. The number of hydrogen-bond donors (Lipinski definition) is 0. The zero-order valence-corrected chi connectivity index (χ0v) is 11.5. The Kier molecular flexibility index (Phi) is 9.49. The maximum Gasteiger partial charge on any atom is 0.0515 e. The lowest BCUT2D eigenvalue weighted by Gasteiger charge is -2.13. The molecule has 0 atom stereocenters. The SMILES string of the molecule is C=C/C(=C\C=C\CC(COC)COC)N(C)C. The maximum atomic E-state index is 5.14. The molecule has 0 saturated heterocycles. The first-order valence-electron chi connectivity index (χ1n) is 5.80. The second-order valence-corrected chi connectivity index (χ2v) is 4.13. The molecular weight excluding hydrogens is 214 g/mol. The van der Waals surface area contributed by atoms with Gasteiger partial charge in [0.1, 0.15) is 0 Å². The van der Waals surface area contributed by atoms with E-state index in [0.717, 1.165) is 25.3 Å². The van der Waals surface area contributed by atoms with Crippen molar-refractivity contribution in [2.75, 3.05) is 41.5 Å². The topological polar surface area (TPSA) is 21.7 Å². The molecule has 0 rings (SSSR count). The molecule has 17 heavy (non-hydrogen) atoms. The number of likely N-dealkylation sites (N-methyl/N-ethyl adjacent to an activating group) is 1. The minimum Gasteiger partial charge on any atom is -0.384 e. The minimum absolute atomic E-state index is 0.418. The molecule has 0 radical (unpaired) electrons. The van der Waals surface area contributed by atoms with Crippen LogP contribution in [0.2, 0.25) is 0 Å². The Hall–Kier alpha value is -1.06. The van der Waals surface area contributed by atoms with Gasteiger partial charge in [0.05, 0.1) is 13.2 Å². The Morgan fingerprint density at radius 2 is 1.82 bits per heavy atom. The molecule has 0 fully saturated rings. The smallest absolute Gasteiger partial charge is 0.0515 e. The molecule has 0 bridgehead atoms. The third-order valence-corrected chi connectivity index (χ3v) is 2.40. The molecule has 0 spiro atoms. The highest BCUT2D eigenvalue weighted by atomic mass is 16.5. The van der Waals surface area contributed by atoms with Gasteiger partial charge in [-0.05, 0) is 18.6 Å². The normalized spacial score (nSPS) is 12.4. The summed E-state index contributed by atoms with van der Waals surface area (Å²) in [4.78, 5) is 2.03. The van der Waals surface area contributed by atoms with E-state index in [1.165, 1.54) is 0 Å². The van der Waals surface area contributed by atoms with Crippen LogP contribution < -0.4 is 0 Å². The number of rotatable bonds is 9. The van der Waals surface area contributed by atoms with Crippen molar-refractivity contribution in [3.63, 3.8) is 0 Å². The number of allylic oxidation sites excluding steroid dienone is 4. The van der Waals surface area contributed by atoms with Crippen molar-refractivity contribution in [1.82, 2.24) is 4.90 Å². The second kappa shape index (κ2) is 10.1. The fourth-order valence-corrected chi connectivity index (χ4v) is 1.49. The van der Waals surface area contributed by atoms with Gasteiger partial charge in [-0.3, -0.25) is 0 Å². The number of nitrogens with zero attached hydrogens (tertiary/aromatic N) is 1. The van der Waals surface area contributed by atoms with Gasteiger partial charge in [-0.2, -0.15) is 0 Å². The molecule has 0 aliphatic rings. The summed E-state index contributed by atoms with van der Waals surface area (Å²) in [5.74, 6) is 0.418. The zero-order valence-electron chi connectivity index (χ0n) is 11.5. The lowest BCUT2D eigenvalue weighted by atomic mass is 10.1. The summed E-state index contributed by atoms with van der Waals surface area (Å²) in [6.07, 6.45) is 9.02. The Labute approximate surface area is 105 Å². The van der Waals surface area contributed by atoms with Crippen LogP contribution in [0.5, 0.6) is 0 Å². The Balaban J connectivity index is 4.18. The first-order chi connectivity index (χ1) is 8.15. The van der Waals surface area contributed by atoms with E-state index in [9.17, 15) is 0 Å². The van der Waals surface area contributed by atoms with E-state index in [1.807, 2.05) is 31.1 Å². The molecule has 0 amide bonds. The van der Waals surface area contributed by atoms with E-state index in [2.05, 4.69) is 18.7 Å². The fraction of sp³-hybridized carbons (Fsp3) is 0.571. The van der Waals surface area contributed by atoms with Crippen LogP contribution >= 0.6 is 0 Å². The molecule has 0 aliphatic carbocycles. The fourth-order valence-electron chi connectivity index (χ4n) is 1.49. The van der Waals surface area contributed by atoms with Crippen molar-refractivity contribution in [2.45, 2.75) is 6.42 Å². The van der Waals surface area contributed by atoms with Gasteiger partial charge >= 0.3 is 0 Å². The maximum absolute atomic E-state index is 5.14. The molecule has 98 valence electrons.